The molecule has 0 saturated heterocycles. The summed E-state index contributed by atoms with van der Waals surface area (Å²) in [7, 11) is -3.70. The number of carbonyl (C=O) groups is 1. The number of carbonyl (C=O) groups excluding carboxylic acids is 1. The molecule has 1 aromatic rings. The number of nitrogens with zero attached hydrogens (tertiary/aromatic N) is 1. The van der Waals surface area contributed by atoms with E-state index in [-0.39, 0.29) is 16.2 Å². The van der Waals surface area contributed by atoms with E-state index in [9.17, 15) is 13.2 Å². The van der Waals surface area contributed by atoms with Crippen LogP contribution in [0.1, 0.15) is 70.6 Å². The summed E-state index contributed by atoms with van der Waals surface area (Å²) in [6, 6.07) is 6.84. The molecule has 2 aliphatic carbocycles. The third-order valence-corrected chi connectivity index (χ3v) is 7.94. The van der Waals surface area contributed by atoms with Gasteiger partial charge in [0.15, 0.2) is 0 Å². The third-order valence-electron chi connectivity index (χ3n) is 6.57. The normalized spacial score (nSPS) is 21.7. The topological polar surface area (TPSA) is 87.6 Å². The van der Waals surface area contributed by atoms with E-state index in [1.54, 1.807) is 18.2 Å². The number of amides is 1. The van der Waals surface area contributed by atoms with Gasteiger partial charge in [-0.3, -0.25) is 4.79 Å². The molecule has 4 rings (SSSR count). The Labute approximate surface area is 179 Å². The number of para-hydroxylation sites is 1. The van der Waals surface area contributed by atoms with Gasteiger partial charge in [0.1, 0.15) is 10.7 Å². The summed E-state index contributed by atoms with van der Waals surface area (Å²) in [5.41, 5.74) is 1.81. The van der Waals surface area contributed by atoms with Gasteiger partial charge in [-0.05, 0) is 62.5 Å². The molecule has 0 bridgehead atoms. The highest BCUT2D eigenvalue weighted by Crippen LogP contribution is 2.45. The maximum absolute atomic E-state index is 12.7. The van der Waals surface area contributed by atoms with Gasteiger partial charge in [-0.1, -0.05) is 36.6 Å². The fourth-order valence-electron chi connectivity index (χ4n) is 5.04. The summed E-state index contributed by atoms with van der Waals surface area (Å²) in [4.78, 5) is 12.9. The molecule has 3 aliphatic rings. The van der Waals surface area contributed by atoms with Crippen molar-refractivity contribution in [1.29, 1.82) is 0 Å². The molecule has 1 saturated carbocycles. The van der Waals surface area contributed by atoms with E-state index in [1.807, 2.05) is 6.07 Å². The van der Waals surface area contributed by atoms with E-state index in [1.165, 1.54) is 18.4 Å². The van der Waals surface area contributed by atoms with Crippen molar-refractivity contribution in [1.82, 2.24) is 5.32 Å². The second-order valence-corrected chi connectivity index (χ2v) is 10.5. The molecule has 1 amide bonds. The Bertz CT molecular complexity index is 960. The summed E-state index contributed by atoms with van der Waals surface area (Å²) in [5, 5.41) is 6.29. The van der Waals surface area contributed by atoms with Gasteiger partial charge in [-0.25, -0.2) is 0 Å². The number of fused-ring (bicyclic) bond motifs is 1. The van der Waals surface area contributed by atoms with Crippen LogP contribution in [0.15, 0.2) is 45.2 Å². The molecule has 1 fully saturated rings. The molecule has 6 nitrogen and oxygen atoms in total. The summed E-state index contributed by atoms with van der Waals surface area (Å²) in [6.45, 7) is 0.682. The lowest BCUT2D eigenvalue weighted by Gasteiger charge is -2.30. The van der Waals surface area contributed by atoms with Crippen LogP contribution in [0.5, 0.6) is 0 Å². The number of rotatable bonds is 7. The molecule has 0 aromatic heterocycles. The molecule has 7 heteroatoms. The van der Waals surface area contributed by atoms with Crippen LogP contribution in [0.25, 0.3) is 0 Å². The monoisotopic (exact) mass is 429 g/mol. The van der Waals surface area contributed by atoms with Crippen molar-refractivity contribution < 1.29 is 13.2 Å². The SMILES string of the molecule is O=C(CC1(CC2=NS(=O)(=O)c3ccccc3N2)CCCC1)NCCC1=CCCCC1. The van der Waals surface area contributed by atoms with Crippen LogP contribution in [0.2, 0.25) is 0 Å². The molecule has 0 spiro atoms. The lowest BCUT2D eigenvalue weighted by atomic mass is 9.78. The largest absolute Gasteiger partial charge is 0.356 e. The zero-order valence-corrected chi connectivity index (χ0v) is 18.3. The average molecular weight is 430 g/mol. The van der Waals surface area contributed by atoms with E-state index in [2.05, 4.69) is 21.1 Å². The number of sulfonamides is 1. The molecule has 1 heterocycles. The minimum Gasteiger partial charge on any atom is -0.356 e. The molecular formula is C23H31N3O3S. The van der Waals surface area contributed by atoms with E-state index in [4.69, 9.17) is 0 Å². The van der Waals surface area contributed by atoms with Crippen molar-refractivity contribution in [3.8, 4) is 0 Å². The van der Waals surface area contributed by atoms with Crippen LogP contribution >= 0.6 is 0 Å². The molecule has 0 radical (unpaired) electrons. The highest BCUT2D eigenvalue weighted by molar-refractivity contribution is 7.90. The smallest absolute Gasteiger partial charge is 0.286 e. The van der Waals surface area contributed by atoms with Crippen molar-refractivity contribution in [2.75, 3.05) is 11.9 Å². The van der Waals surface area contributed by atoms with Crippen LogP contribution in [-0.4, -0.2) is 26.7 Å². The molecule has 1 aromatic carbocycles. The van der Waals surface area contributed by atoms with Gasteiger partial charge < -0.3 is 10.6 Å². The Morgan fingerprint density at radius 1 is 1.13 bits per heavy atom. The predicted octanol–water partition coefficient (Wildman–Crippen LogP) is 4.55. The van der Waals surface area contributed by atoms with Crippen molar-refractivity contribution in [2.45, 2.75) is 75.5 Å². The second kappa shape index (κ2) is 8.92. The van der Waals surface area contributed by atoms with E-state index >= 15 is 0 Å². The summed E-state index contributed by atoms with van der Waals surface area (Å²) < 4.78 is 29.2. The summed E-state index contributed by atoms with van der Waals surface area (Å²) >= 11 is 0. The Hall–Kier alpha value is -2.15. The number of hydrogen-bond acceptors (Lipinski definition) is 4. The van der Waals surface area contributed by atoms with Gasteiger partial charge in [0, 0.05) is 19.4 Å². The van der Waals surface area contributed by atoms with E-state index < -0.39 is 10.0 Å². The molecule has 2 N–H and O–H groups in total. The van der Waals surface area contributed by atoms with Crippen LogP contribution in [0.4, 0.5) is 5.69 Å². The van der Waals surface area contributed by atoms with Crippen LogP contribution in [-0.2, 0) is 14.8 Å². The summed E-state index contributed by atoms with van der Waals surface area (Å²) in [5.74, 6) is 0.517. The van der Waals surface area contributed by atoms with Crippen LogP contribution < -0.4 is 10.6 Å². The highest BCUT2D eigenvalue weighted by atomic mass is 32.2. The molecule has 0 unspecified atom stereocenters. The zero-order chi connectivity index (χ0) is 21.0. The van der Waals surface area contributed by atoms with Gasteiger partial charge >= 0.3 is 0 Å². The van der Waals surface area contributed by atoms with Crippen molar-refractivity contribution in [2.24, 2.45) is 9.81 Å². The minimum atomic E-state index is -3.70. The van der Waals surface area contributed by atoms with E-state index in [0.717, 1.165) is 44.9 Å². The quantitative estimate of drug-likeness (QED) is 0.623. The highest BCUT2D eigenvalue weighted by Gasteiger charge is 2.38. The molecule has 162 valence electrons. The first-order valence-electron chi connectivity index (χ1n) is 11.1. The molecular weight excluding hydrogens is 398 g/mol. The Kier molecular flexibility index (Phi) is 6.27. The molecule has 1 aliphatic heterocycles. The van der Waals surface area contributed by atoms with Crippen LogP contribution in [0, 0.1) is 5.41 Å². The fraction of sp³-hybridized carbons (Fsp3) is 0.565. The van der Waals surface area contributed by atoms with E-state index in [0.29, 0.717) is 30.9 Å². The first-order valence-corrected chi connectivity index (χ1v) is 12.5. The molecule has 30 heavy (non-hydrogen) atoms. The maximum atomic E-state index is 12.7. The first-order chi connectivity index (χ1) is 14.5. The van der Waals surface area contributed by atoms with Crippen molar-refractivity contribution >= 4 is 27.5 Å². The fourth-order valence-corrected chi connectivity index (χ4v) is 6.18. The van der Waals surface area contributed by atoms with Crippen LogP contribution in [0.3, 0.4) is 0 Å². The Morgan fingerprint density at radius 2 is 1.93 bits per heavy atom. The lowest BCUT2D eigenvalue weighted by Crippen LogP contribution is -2.35. The Morgan fingerprint density at radius 3 is 2.70 bits per heavy atom. The third kappa shape index (κ3) is 4.94. The number of benzene rings is 1. The minimum absolute atomic E-state index is 0.0629. The number of hydrogen-bond donors (Lipinski definition) is 2. The standard InChI is InChI=1S/C23H31N3O3S/c27-22(24-15-12-18-8-2-1-3-9-18)17-23(13-6-7-14-23)16-21-25-19-10-4-5-11-20(19)30(28,29)26-21/h4-5,8,10-11H,1-3,6-7,9,12-17H2,(H,24,27)(H,25,26). The average Bonchev–Trinajstić information content (AvgIpc) is 3.16. The first kappa shape index (κ1) is 21.1. The number of amidine groups is 1. The second-order valence-electron chi connectivity index (χ2n) is 8.90. The van der Waals surface area contributed by atoms with Gasteiger partial charge in [0.25, 0.3) is 10.0 Å². The van der Waals surface area contributed by atoms with Gasteiger partial charge in [-0.15, -0.1) is 4.40 Å². The van der Waals surface area contributed by atoms with Gasteiger partial charge in [0.05, 0.1) is 5.69 Å². The summed E-state index contributed by atoms with van der Waals surface area (Å²) in [6.07, 6.45) is 13.0. The van der Waals surface area contributed by atoms with Crippen molar-refractivity contribution in [3.05, 3.63) is 35.9 Å². The maximum Gasteiger partial charge on any atom is 0.286 e. The Balaban J connectivity index is 1.39. The number of anilines is 1. The van der Waals surface area contributed by atoms with Gasteiger partial charge in [-0.2, -0.15) is 8.42 Å². The van der Waals surface area contributed by atoms with Gasteiger partial charge in [0.2, 0.25) is 5.91 Å². The zero-order valence-electron chi connectivity index (χ0n) is 17.5. The predicted molar refractivity (Wildman–Crippen MR) is 119 cm³/mol. The van der Waals surface area contributed by atoms with Crippen molar-refractivity contribution in [3.63, 3.8) is 0 Å². The number of allylic oxidation sites excluding steroid dienone is 1. The lowest BCUT2D eigenvalue weighted by molar-refractivity contribution is -0.123. The number of nitrogens with one attached hydrogen (secondary N) is 2. The molecule has 0 atom stereocenters.